The molecule has 3 heteroatoms. The van der Waals surface area contributed by atoms with Crippen molar-refractivity contribution in [2.24, 2.45) is 5.41 Å². The molecule has 0 saturated heterocycles. The molecular formula is C17H24O3. The van der Waals surface area contributed by atoms with E-state index in [1.54, 1.807) is 7.11 Å². The fourth-order valence-corrected chi connectivity index (χ4v) is 3.78. The molecule has 1 aromatic carbocycles. The third kappa shape index (κ3) is 2.45. The highest BCUT2D eigenvalue weighted by atomic mass is 16.5. The molecule has 20 heavy (non-hydrogen) atoms. The Morgan fingerprint density at radius 2 is 2.05 bits per heavy atom. The Labute approximate surface area is 120 Å². The number of aliphatic hydroxyl groups is 1. The lowest BCUT2D eigenvalue weighted by molar-refractivity contribution is -0.210. The van der Waals surface area contributed by atoms with Crippen molar-refractivity contribution >= 4 is 0 Å². The predicted molar refractivity (Wildman–Crippen MR) is 77.7 cm³/mol. The minimum Gasteiger partial charge on any atom is -0.497 e. The van der Waals surface area contributed by atoms with Crippen LogP contribution in [0.25, 0.3) is 0 Å². The second-order valence-corrected chi connectivity index (χ2v) is 6.20. The van der Waals surface area contributed by atoms with Crippen LogP contribution in [0.2, 0.25) is 0 Å². The molecule has 0 heterocycles. The number of rotatable bonds is 4. The minimum absolute atomic E-state index is 0.0527. The average molecular weight is 276 g/mol. The molecule has 2 saturated carbocycles. The molecule has 2 aliphatic rings. The Kier molecular flexibility index (Phi) is 3.99. The van der Waals surface area contributed by atoms with Crippen molar-refractivity contribution in [2.45, 2.75) is 57.3 Å². The number of benzene rings is 1. The summed E-state index contributed by atoms with van der Waals surface area (Å²) in [4.78, 5) is 0. The first-order valence-corrected chi connectivity index (χ1v) is 7.67. The molecule has 3 nitrogen and oxygen atoms in total. The van der Waals surface area contributed by atoms with E-state index in [1.165, 1.54) is 19.3 Å². The highest BCUT2D eigenvalue weighted by Crippen LogP contribution is 2.53. The Balaban J connectivity index is 1.60. The van der Waals surface area contributed by atoms with Crippen LogP contribution < -0.4 is 4.74 Å². The lowest BCUT2D eigenvalue weighted by Gasteiger charge is -2.55. The van der Waals surface area contributed by atoms with E-state index in [-0.39, 0.29) is 17.6 Å². The van der Waals surface area contributed by atoms with Crippen LogP contribution in [0, 0.1) is 5.41 Å². The molecule has 1 N–H and O–H groups in total. The van der Waals surface area contributed by atoms with Gasteiger partial charge in [-0.25, -0.2) is 0 Å². The van der Waals surface area contributed by atoms with Crippen LogP contribution in [0.15, 0.2) is 24.3 Å². The second-order valence-electron chi connectivity index (χ2n) is 6.20. The first kappa shape index (κ1) is 13.9. The summed E-state index contributed by atoms with van der Waals surface area (Å²) < 4.78 is 11.3. The van der Waals surface area contributed by atoms with Crippen molar-refractivity contribution in [3.8, 4) is 5.75 Å². The summed E-state index contributed by atoms with van der Waals surface area (Å²) in [6.07, 6.45) is 6.88. The van der Waals surface area contributed by atoms with Gasteiger partial charge in [0.25, 0.3) is 0 Å². The summed E-state index contributed by atoms with van der Waals surface area (Å²) in [6.45, 7) is 0.607. The van der Waals surface area contributed by atoms with Crippen LogP contribution in [0.5, 0.6) is 5.75 Å². The number of aliphatic hydroxyl groups excluding tert-OH is 1. The summed E-state index contributed by atoms with van der Waals surface area (Å²) in [5.41, 5.74) is 1.19. The van der Waals surface area contributed by atoms with Gasteiger partial charge in [-0.1, -0.05) is 31.4 Å². The maximum Gasteiger partial charge on any atom is 0.119 e. The summed E-state index contributed by atoms with van der Waals surface area (Å²) in [5.74, 6) is 0.868. The van der Waals surface area contributed by atoms with E-state index in [0.29, 0.717) is 6.61 Å². The van der Waals surface area contributed by atoms with Crippen molar-refractivity contribution in [1.29, 1.82) is 0 Å². The first-order chi connectivity index (χ1) is 9.74. The molecule has 0 amide bonds. The molecule has 1 spiro atoms. The van der Waals surface area contributed by atoms with Crippen molar-refractivity contribution in [1.82, 2.24) is 0 Å². The Morgan fingerprint density at radius 1 is 1.25 bits per heavy atom. The lowest BCUT2D eigenvalue weighted by Crippen LogP contribution is -2.58. The van der Waals surface area contributed by atoms with Crippen LogP contribution in [0.1, 0.15) is 44.1 Å². The van der Waals surface area contributed by atoms with Gasteiger partial charge < -0.3 is 14.6 Å². The fraction of sp³-hybridized carbons (Fsp3) is 0.647. The van der Waals surface area contributed by atoms with Crippen LogP contribution in [-0.2, 0) is 11.3 Å². The number of ether oxygens (including phenoxy) is 2. The quantitative estimate of drug-likeness (QED) is 0.917. The van der Waals surface area contributed by atoms with Gasteiger partial charge in [0.2, 0.25) is 0 Å². The molecule has 2 atom stereocenters. The summed E-state index contributed by atoms with van der Waals surface area (Å²) in [6, 6.07) is 8.01. The summed E-state index contributed by atoms with van der Waals surface area (Å²) in [5, 5.41) is 10.2. The standard InChI is InChI=1S/C17H24O3/c1-19-14-7-5-6-13(10-14)12-20-16-11-15(18)17(16)8-3-2-4-9-17/h5-7,10,15-16,18H,2-4,8-9,11-12H2,1H3. The third-order valence-corrected chi connectivity index (χ3v) is 5.11. The first-order valence-electron chi connectivity index (χ1n) is 7.67. The molecule has 110 valence electrons. The largest absolute Gasteiger partial charge is 0.497 e. The lowest BCUT2D eigenvalue weighted by atomic mass is 9.56. The van der Waals surface area contributed by atoms with Gasteiger partial charge in [0.1, 0.15) is 5.75 Å². The zero-order valence-electron chi connectivity index (χ0n) is 12.2. The van der Waals surface area contributed by atoms with Gasteiger partial charge in [-0.3, -0.25) is 0 Å². The average Bonchev–Trinajstić information content (AvgIpc) is 2.52. The van der Waals surface area contributed by atoms with E-state index in [2.05, 4.69) is 6.07 Å². The van der Waals surface area contributed by atoms with E-state index >= 15 is 0 Å². The van der Waals surface area contributed by atoms with E-state index in [4.69, 9.17) is 9.47 Å². The van der Waals surface area contributed by atoms with E-state index in [1.807, 2.05) is 18.2 Å². The van der Waals surface area contributed by atoms with Crippen molar-refractivity contribution < 1.29 is 14.6 Å². The van der Waals surface area contributed by atoms with Gasteiger partial charge in [-0.15, -0.1) is 0 Å². The molecule has 3 rings (SSSR count). The molecule has 1 aromatic rings. The van der Waals surface area contributed by atoms with Gasteiger partial charge in [0.15, 0.2) is 0 Å². The number of hydrogen-bond donors (Lipinski definition) is 1. The molecule has 0 bridgehead atoms. The summed E-state index contributed by atoms with van der Waals surface area (Å²) in [7, 11) is 1.68. The fourth-order valence-electron chi connectivity index (χ4n) is 3.78. The van der Waals surface area contributed by atoms with Crippen LogP contribution in [-0.4, -0.2) is 24.4 Å². The van der Waals surface area contributed by atoms with Gasteiger partial charge in [-0.05, 0) is 30.5 Å². The number of methoxy groups -OCH3 is 1. The van der Waals surface area contributed by atoms with Crippen molar-refractivity contribution in [3.05, 3.63) is 29.8 Å². The zero-order chi connectivity index (χ0) is 14.0. The normalized spacial score (nSPS) is 28.1. The van der Waals surface area contributed by atoms with Gasteiger partial charge in [0, 0.05) is 11.8 Å². The van der Waals surface area contributed by atoms with E-state index < -0.39 is 0 Å². The van der Waals surface area contributed by atoms with Crippen LogP contribution in [0.3, 0.4) is 0 Å². The smallest absolute Gasteiger partial charge is 0.119 e. The Bertz CT molecular complexity index is 451. The second kappa shape index (κ2) is 5.74. The van der Waals surface area contributed by atoms with Crippen molar-refractivity contribution in [2.75, 3.05) is 7.11 Å². The minimum atomic E-state index is -0.155. The van der Waals surface area contributed by atoms with Gasteiger partial charge in [0.05, 0.1) is 25.9 Å². The number of hydrogen-bond acceptors (Lipinski definition) is 3. The van der Waals surface area contributed by atoms with Gasteiger partial charge in [-0.2, -0.15) is 0 Å². The molecule has 0 radical (unpaired) electrons. The predicted octanol–water partition coefficient (Wildman–Crippen LogP) is 3.30. The molecule has 2 aliphatic carbocycles. The zero-order valence-corrected chi connectivity index (χ0v) is 12.2. The highest BCUT2D eigenvalue weighted by molar-refractivity contribution is 5.28. The Morgan fingerprint density at radius 3 is 2.75 bits per heavy atom. The molecule has 0 aliphatic heterocycles. The summed E-state index contributed by atoms with van der Waals surface area (Å²) >= 11 is 0. The molecular weight excluding hydrogens is 252 g/mol. The molecule has 0 aromatic heterocycles. The van der Waals surface area contributed by atoms with E-state index in [9.17, 15) is 5.11 Å². The Hall–Kier alpha value is -1.06. The SMILES string of the molecule is COc1cccc(COC2CC(O)C23CCCCC3)c1. The van der Waals surface area contributed by atoms with E-state index in [0.717, 1.165) is 30.6 Å². The maximum atomic E-state index is 10.2. The van der Waals surface area contributed by atoms with Crippen LogP contribution >= 0.6 is 0 Å². The molecule has 2 unspecified atom stereocenters. The third-order valence-electron chi connectivity index (χ3n) is 5.11. The molecule has 2 fully saturated rings. The topological polar surface area (TPSA) is 38.7 Å². The maximum absolute atomic E-state index is 10.2. The monoisotopic (exact) mass is 276 g/mol. The highest BCUT2D eigenvalue weighted by Gasteiger charge is 2.55. The van der Waals surface area contributed by atoms with Gasteiger partial charge >= 0.3 is 0 Å². The van der Waals surface area contributed by atoms with Crippen molar-refractivity contribution in [3.63, 3.8) is 0 Å². The van der Waals surface area contributed by atoms with Crippen LogP contribution in [0.4, 0.5) is 0 Å².